The van der Waals surface area contributed by atoms with Crippen molar-refractivity contribution >= 4 is 22.9 Å². The third-order valence-electron chi connectivity index (χ3n) is 5.59. The van der Waals surface area contributed by atoms with E-state index in [1.165, 1.54) is 0 Å². The lowest BCUT2D eigenvalue weighted by molar-refractivity contribution is 0.262. The van der Waals surface area contributed by atoms with Gasteiger partial charge in [0.25, 0.3) is 5.56 Å². The number of halogens is 2. The standard InChI is InChI=1S/C24H28F2N8O/c25-18-11-20-21(12-19(18)26)31-24(30-20)33-23-29-13-17(22(35)32-23)16-5-3-15(4-6-16)14-34(9-1-7-27)10-2-8-28/h3-6,11-13H,1-2,7-10,14,27-28H2,(H3,29,30,31,32,33,35). The molecule has 0 atom stereocenters. The van der Waals surface area contributed by atoms with Crippen LogP contribution in [0.5, 0.6) is 0 Å². The Morgan fingerprint density at radius 2 is 1.63 bits per heavy atom. The first-order valence-electron chi connectivity index (χ1n) is 11.4. The lowest BCUT2D eigenvalue weighted by Crippen LogP contribution is -2.28. The maximum Gasteiger partial charge on any atom is 0.282 e. The molecule has 0 bridgehead atoms. The first-order chi connectivity index (χ1) is 17.0. The molecular weight excluding hydrogens is 454 g/mol. The van der Waals surface area contributed by atoms with Crippen molar-refractivity contribution < 1.29 is 8.78 Å². The molecule has 0 fully saturated rings. The van der Waals surface area contributed by atoms with Crippen LogP contribution in [0, 0.1) is 11.6 Å². The summed E-state index contributed by atoms with van der Waals surface area (Å²) < 4.78 is 26.8. The van der Waals surface area contributed by atoms with Crippen LogP contribution < -0.4 is 22.3 Å². The van der Waals surface area contributed by atoms with Gasteiger partial charge in [0.05, 0.1) is 16.6 Å². The monoisotopic (exact) mass is 482 g/mol. The minimum absolute atomic E-state index is 0.144. The van der Waals surface area contributed by atoms with Gasteiger partial charge in [-0.05, 0) is 50.1 Å². The molecule has 2 heterocycles. The lowest BCUT2D eigenvalue weighted by atomic mass is 10.1. The van der Waals surface area contributed by atoms with Gasteiger partial charge in [0.15, 0.2) is 11.6 Å². The first kappa shape index (κ1) is 24.5. The average Bonchev–Trinajstić information content (AvgIpc) is 3.22. The Labute approximate surface area is 200 Å². The summed E-state index contributed by atoms with van der Waals surface area (Å²) in [5, 5.41) is 2.81. The van der Waals surface area contributed by atoms with Gasteiger partial charge in [-0.3, -0.25) is 15.0 Å². The fraction of sp³-hybridized carbons (Fsp3) is 0.292. The number of aromatic nitrogens is 4. The summed E-state index contributed by atoms with van der Waals surface area (Å²) in [7, 11) is 0. The number of anilines is 2. The van der Waals surface area contributed by atoms with E-state index in [9.17, 15) is 13.6 Å². The van der Waals surface area contributed by atoms with E-state index in [1.807, 2.05) is 24.3 Å². The van der Waals surface area contributed by atoms with Gasteiger partial charge in [-0.25, -0.2) is 13.8 Å². The van der Waals surface area contributed by atoms with E-state index >= 15 is 0 Å². The average molecular weight is 483 g/mol. The van der Waals surface area contributed by atoms with Gasteiger partial charge in [0.1, 0.15) is 0 Å². The molecule has 0 aliphatic heterocycles. The molecular formula is C24H28F2N8O. The maximum absolute atomic E-state index is 13.4. The summed E-state index contributed by atoms with van der Waals surface area (Å²) >= 11 is 0. The SMILES string of the molecule is NCCCN(CCCN)Cc1ccc(-c2c[nH]c(Nc3nc4cc(F)c(F)cc4[nH]3)nc2=O)cc1. The van der Waals surface area contributed by atoms with Crippen LogP contribution in [-0.2, 0) is 6.54 Å². The molecule has 0 saturated heterocycles. The fourth-order valence-electron chi connectivity index (χ4n) is 3.79. The molecule has 0 spiro atoms. The smallest absolute Gasteiger partial charge is 0.282 e. The van der Waals surface area contributed by atoms with Crippen LogP contribution in [0.4, 0.5) is 20.7 Å². The van der Waals surface area contributed by atoms with Crippen LogP contribution in [0.1, 0.15) is 18.4 Å². The van der Waals surface area contributed by atoms with Crippen LogP contribution in [0.2, 0.25) is 0 Å². The topological polar surface area (TPSA) is 142 Å². The van der Waals surface area contributed by atoms with E-state index in [0.29, 0.717) is 24.2 Å². The highest BCUT2D eigenvalue weighted by molar-refractivity contribution is 5.78. The number of nitrogens with zero attached hydrogens (tertiary/aromatic N) is 3. The molecule has 4 aromatic rings. The Hall–Kier alpha value is -3.67. The van der Waals surface area contributed by atoms with E-state index in [-0.39, 0.29) is 17.4 Å². The van der Waals surface area contributed by atoms with Gasteiger partial charge in [-0.15, -0.1) is 0 Å². The predicted molar refractivity (Wildman–Crippen MR) is 132 cm³/mol. The molecule has 9 nitrogen and oxygen atoms in total. The van der Waals surface area contributed by atoms with Crippen LogP contribution >= 0.6 is 0 Å². The highest BCUT2D eigenvalue weighted by atomic mass is 19.2. The second-order valence-electron chi connectivity index (χ2n) is 8.22. The third-order valence-corrected chi connectivity index (χ3v) is 5.59. The van der Waals surface area contributed by atoms with Crippen molar-refractivity contribution in [1.82, 2.24) is 24.8 Å². The van der Waals surface area contributed by atoms with Gasteiger partial charge in [0.2, 0.25) is 11.9 Å². The number of fused-ring (bicyclic) bond motifs is 1. The third kappa shape index (κ3) is 6.07. The second-order valence-corrected chi connectivity index (χ2v) is 8.22. The van der Waals surface area contributed by atoms with E-state index < -0.39 is 17.2 Å². The van der Waals surface area contributed by atoms with Crippen molar-refractivity contribution in [2.24, 2.45) is 11.5 Å². The molecule has 0 radical (unpaired) electrons. The number of H-pyrrole nitrogens is 2. The molecule has 0 saturated carbocycles. The summed E-state index contributed by atoms with van der Waals surface area (Å²) in [4.78, 5) is 28.9. The zero-order chi connectivity index (χ0) is 24.8. The van der Waals surface area contributed by atoms with Crippen molar-refractivity contribution in [2.45, 2.75) is 19.4 Å². The summed E-state index contributed by atoms with van der Waals surface area (Å²) in [6.07, 6.45) is 3.40. The summed E-state index contributed by atoms with van der Waals surface area (Å²) in [6, 6.07) is 9.77. The van der Waals surface area contributed by atoms with Crippen molar-refractivity contribution in [3.05, 3.63) is 70.1 Å². The Morgan fingerprint density at radius 1 is 0.943 bits per heavy atom. The van der Waals surface area contributed by atoms with E-state index in [4.69, 9.17) is 11.5 Å². The maximum atomic E-state index is 13.4. The van der Waals surface area contributed by atoms with Crippen molar-refractivity contribution in [3.8, 4) is 11.1 Å². The highest BCUT2D eigenvalue weighted by Gasteiger charge is 2.12. The highest BCUT2D eigenvalue weighted by Crippen LogP contribution is 2.21. The molecule has 4 rings (SSSR count). The predicted octanol–water partition coefficient (Wildman–Crippen LogP) is 2.83. The number of benzene rings is 2. The number of aromatic amines is 2. The largest absolute Gasteiger partial charge is 0.331 e. The number of nitrogens with two attached hydrogens (primary N) is 2. The quantitative estimate of drug-likeness (QED) is 0.221. The number of nitrogens with one attached hydrogen (secondary N) is 3. The lowest BCUT2D eigenvalue weighted by Gasteiger charge is -2.22. The molecule has 0 unspecified atom stereocenters. The number of imidazole rings is 1. The second kappa shape index (κ2) is 11.2. The van der Waals surface area contributed by atoms with E-state index in [2.05, 4.69) is 30.2 Å². The first-order valence-corrected chi connectivity index (χ1v) is 11.4. The molecule has 2 aromatic heterocycles. The number of rotatable bonds is 11. The van der Waals surface area contributed by atoms with Gasteiger partial charge in [-0.1, -0.05) is 24.3 Å². The van der Waals surface area contributed by atoms with Crippen molar-refractivity contribution in [1.29, 1.82) is 0 Å². The summed E-state index contributed by atoms with van der Waals surface area (Å²) in [5.74, 6) is -1.63. The molecule has 7 N–H and O–H groups in total. The fourth-order valence-corrected chi connectivity index (χ4v) is 3.79. The van der Waals surface area contributed by atoms with Crippen LogP contribution in [0.15, 0.2) is 47.4 Å². The van der Waals surface area contributed by atoms with Crippen molar-refractivity contribution in [2.75, 3.05) is 31.5 Å². The summed E-state index contributed by atoms with van der Waals surface area (Å²) in [5.41, 5.74) is 13.7. The Kier molecular flexibility index (Phi) is 7.80. The molecule has 11 heteroatoms. The number of hydrogen-bond donors (Lipinski definition) is 5. The normalized spacial score (nSPS) is 11.5. The van der Waals surface area contributed by atoms with E-state index in [1.54, 1.807) is 6.20 Å². The molecule has 0 aliphatic carbocycles. The number of hydrogen-bond acceptors (Lipinski definition) is 7. The Balaban J connectivity index is 1.46. The van der Waals surface area contributed by atoms with E-state index in [0.717, 1.165) is 55.7 Å². The Morgan fingerprint density at radius 3 is 2.29 bits per heavy atom. The summed E-state index contributed by atoms with van der Waals surface area (Å²) in [6.45, 7) is 3.89. The zero-order valence-electron chi connectivity index (χ0n) is 19.2. The minimum atomic E-state index is -0.990. The van der Waals surface area contributed by atoms with Gasteiger partial charge in [-0.2, -0.15) is 4.98 Å². The van der Waals surface area contributed by atoms with Crippen molar-refractivity contribution in [3.63, 3.8) is 0 Å². The van der Waals surface area contributed by atoms with Gasteiger partial charge >= 0.3 is 0 Å². The molecule has 0 aliphatic rings. The zero-order valence-corrected chi connectivity index (χ0v) is 19.2. The van der Waals surface area contributed by atoms with Crippen LogP contribution in [0.25, 0.3) is 22.2 Å². The molecule has 2 aromatic carbocycles. The molecule has 0 amide bonds. The molecule has 184 valence electrons. The van der Waals surface area contributed by atoms with Crippen LogP contribution in [-0.4, -0.2) is 51.0 Å². The van der Waals surface area contributed by atoms with Gasteiger partial charge in [0, 0.05) is 24.9 Å². The minimum Gasteiger partial charge on any atom is -0.331 e. The molecule has 35 heavy (non-hydrogen) atoms. The Bertz CT molecular complexity index is 1290. The van der Waals surface area contributed by atoms with Crippen LogP contribution in [0.3, 0.4) is 0 Å². The van der Waals surface area contributed by atoms with Gasteiger partial charge < -0.3 is 21.4 Å².